The third kappa shape index (κ3) is 1.76. The van der Waals surface area contributed by atoms with Crippen molar-refractivity contribution in [2.75, 3.05) is 18.8 Å². The number of thiophene rings is 1. The Morgan fingerprint density at radius 2 is 2.54 bits per heavy atom. The molecule has 0 saturated heterocycles. The highest BCUT2D eigenvalue weighted by Gasteiger charge is 2.17. The molecule has 0 unspecified atom stereocenters. The maximum absolute atomic E-state index is 5.76. The molecule has 2 rings (SSSR count). The van der Waals surface area contributed by atoms with E-state index in [0.29, 0.717) is 0 Å². The van der Waals surface area contributed by atoms with Gasteiger partial charge < -0.3 is 5.73 Å². The maximum atomic E-state index is 5.76. The molecule has 0 fully saturated rings. The smallest absolute Gasteiger partial charge is 0.0862 e. The van der Waals surface area contributed by atoms with Crippen LogP contribution in [0.1, 0.15) is 10.4 Å². The van der Waals surface area contributed by atoms with Crippen LogP contribution in [0.2, 0.25) is 0 Å². The maximum Gasteiger partial charge on any atom is 0.0862 e. The van der Waals surface area contributed by atoms with E-state index in [2.05, 4.69) is 17.5 Å². The molecule has 70 valence electrons. The van der Waals surface area contributed by atoms with Crippen molar-refractivity contribution in [1.82, 2.24) is 4.90 Å². The molecule has 0 bridgehead atoms. The van der Waals surface area contributed by atoms with Crippen LogP contribution in [0.3, 0.4) is 0 Å². The van der Waals surface area contributed by atoms with E-state index in [1.807, 2.05) is 6.08 Å². The van der Waals surface area contributed by atoms with Gasteiger partial charge in [-0.15, -0.1) is 17.9 Å². The number of nitrogens with two attached hydrogens (primary N) is 1. The second-order valence-corrected chi connectivity index (χ2v) is 4.54. The molecule has 2 nitrogen and oxygen atoms in total. The number of fused-ring (bicyclic) bond motifs is 1. The van der Waals surface area contributed by atoms with Crippen molar-refractivity contribution in [3.05, 3.63) is 29.2 Å². The summed E-state index contributed by atoms with van der Waals surface area (Å²) in [6.07, 6.45) is 3.10. The highest BCUT2D eigenvalue weighted by Crippen LogP contribution is 2.29. The lowest BCUT2D eigenvalue weighted by molar-refractivity contribution is 0.284. The largest absolute Gasteiger partial charge is 0.391 e. The number of nitrogen functional groups attached to an aromatic ring is 1. The second kappa shape index (κ2) is 3.52. The lowest BCUT2D eigenvalue weighted by atomic mass is 10.1. The molecular formula is C10H14N2S. The molecule has 0 amide bonds. The van der Waals surface area contributed by atoms with Crippen LogP contribution in [0, 0.1) is 0 Å². The fraction of sp³-hybridized carbons (Fsp3) is 0.400. The molecule has 2 N–H and O–H groups in total. The SMILES string of the molecule is C=CCN1CCc2sc(N)cc2C1. The van der Waals surface area contributed by atoms with E-state index in [1.54, 1.807) is 11.3 Å². The van der Waals surface area contributed by atoms with Crippen molar-refractivity contribution in [2.45, 2.75) is 13.0 Å². The van der Waals surface area contributed by atoms with Gasteiger partial charge in [-0.2, -0.15) is 0 Å². The highest BCUT2D eigenvalue weighted by molar-refractivity contribution is 7.16. The standard InChI is InChI=1S/C10H14N2S/c1-2-4-12-5-3-9-8(7-12)6-10(11)13-9/h2,6H,1,3-5,7,11H2. The van der Waals surface area contributed by atoms with Crippen LogP contribution in [-0.2, 0) is 13.0 Å². The first-order valence-corrected chi connectivity index (χ1v) is 5.31. The molecule has 1 aromatic rings. The van der Waals surface area contributed by atoms with E-state index in [1.165, 1.54) is 10.4 Å². The lowest BCUT2D eigenvalue weighted by Gasteiger charge is -2.25. The summed E-state index contributed by atoms with van der Waals surface area (Å²) < 4.78 is 0. The first kappa shape index (κ1) is 8.78. The predicted octanol–water partition coefficient (Wildman–Crippen LogP) is 1.87. The fourth-order valence-corrected chi connectivity index (χ4v) is 2.69. The number of nitrogens with zero attached hydrogens (tertiary/aromatic N) is 1. The summed E-state index contributed by atoms with van der Waals surface area (Å²) in [4.78, 5) is 3.86. The van der Waals surface area contributed by atoms with Crippen LogP contribution >= 0.6 is 11.3 Å². The van der Waals surface area contributed by atoms with Crippen LogP contribution < -0.4 is 5.73 Å². The topological polar surface area (TPSA) is 29.3 Å². The Hall–Kier alpha value is -0.800. The normalized spacial score (nSPS) is 16.9. The Kier molecular flexibility index (Phi) is 2.38. The van der Waals surface area contributed by atoms with Crippen molar-refractivity contribution < 1.29 is 0 Å². The van der Waals surface area contributed by atoms with E-state index < -0.39 is 0 Å². The van der Waals surface area contributed by atoms with Gasteiger partial charge in [-0.1, -0.05) is 6.08 Å². The predicted molar refractivity (Wildman–Crippen MR) is 57.9 cm³/mol. The third-order valence-electron chi connectivity index (χ3n) is 2.35. The van der Waals surface area contributed by atoms with Gasteiger partial charge in [0.05, 0.1) is 5.00 Å². The average Bonchev–Trinajstić information content (AvgIpc) is 2.44. The van der Waals surface area contributed by atoms with Crippen molar-refractivity contribution in [2.24, 2.45) is 0 Å². The molecule has 2 heterocycles. The van der Waals surface area contributed by atoms with Gasteiger partial charge in [0.15, 0.2) is 0 Å². The summed E-state index contributed by atoms with van der Waals surface area (Å²) in [5, 5.41) is 0.949. The summed E-state index contributed by atoms with van der Waals surface area (Å²) in [5.41, 5.74) is 7.17. The fourth-order valence-electron chi connectivity index (χ4n) is 1.75. The van der Waals surface area contributed by atoms with Crippen molar-refractivity contribution >= 4 is 16.3 Å². The Morgan fingerprint density at radius 1 is 1.69 bits per heavy atom. The van der Waals surface area contributed by atoms with Gasteiger partial charge in [-0.05, 0) is 18.1 Å². The molecule has 0 aliphatic carbocycles. The molecule has 1 aliphatic heterocycles. The highest BCUT2D eigenvalue weighted by atomic mass is 32.1. The average molecular weight is 194 g/mol. The van der Waals surface area contributed by atoms with Crippen molar-refractivity contribution in [3.63, 3.8) is 0 Å². The van der Waals surface area contributed by atoms with E-state index >= 15 is 0 Å². The van der Waals surface area contributed by atoms with Gasteiger partial charge in [0.2, 0.25) is 0 Å². The van der Waals surface area contributed by atoms with Crippen LogP contribution in [0.4, 0.5) is 5.00 Å². The van der Waals surface area contributed by atoms with Gasteiger partial charge in [0.1, 0.15) is 0 Å². The minimum Gasteiger partial charge on any atom is -0.391 e. The zero-order chi connectivity index (χ0) is 9.26. The van der Waals surface area contributed by atoms with Gasteiger partial charge in [-0.25, -0.2) is 0 Å². The molecule has 13 heavy (non-hydrogen) atoms. The van der Waals surface area contributed by atoms with Gasteiger partial charge in [0, 0.05) is 24.5 Å². The number of hydrogen-bond acceptors (Lipinski definition) is 3. The summed E-state index contributed by atoms with van der Waals surface area (Å²) in [6.45, 7) is 6.91. The van der Waals surface area contributed by atoms with E-state index in [4.69, 9.17) is 5.73 Å². The van der Waals surface area contributed by atoms with Gasteiger partial charge >= 0.3 is 0 Å². The molecule has 1 aromatic heterocycles. The third-order valence-corrected chi connectivity index (χ3v) is 3.42. The van der Waals surface area contributed by atoms with Crippen LogP contribution in [0.5, 0.6) is 0 Å². The zero-order valence-corrected chi connectivity index (χ0v) is 8.44. The molecular weight excluding hydrogens is 180 g/mol. The molecule has 0 radical (unpaired) electrons. The molecule has 0 aromatic carbocycles. The first-order chi connectivity index (χ1) is 6.29. The van der Waals surface area contributed by atoms with Crippen LogP contribution in [-0.4, -0.2) is 18.0 Å². The monoisotopic (exact) mass is 194 g/mol. The Labute approximate surface area is 82.7 Å². The van der Waals surface area contributed by atoms with Crippen molar-refractivity contribution in [1.29, 1.82) is 0 Å². The minimum absolute atomic E-state index is 0.949. The number of rotatable bonds is 2. The van der Waals surface area contributed by atoms with Crippen molar-refractivity contribution in [3.8, 4) is 0 Å². The van der Waals surface area contributed by atoms with Crippen LogP contribution in [0.15, 0.2) is 18.7 Å². The summed E-state index contributed by atoms with van der Waals surface area (Å²) >= 11 is 1.74. The first-order valence-electron chi connectivity index (χ1n) is 4.50. The van der Waals surface area contributed by atoms with Gasteiger partial charge in [0.25, 0.3) is 0 Å². The van der Waals surface area contributed by atoms with Crippen LogP contribution in [0.25, 0.3) is 0 Å². The van der Waals surface area contributed by atoms with E-state index in [0.717, 1.165) is 31.1 Å². The lowest BCUT2D eigenvalue weighted by Crippen LogP contribution is -2.29. The Bertz CT molecular complexity index is 317. The zero-order valence-electron chi connectivity index (χ0n) is 7.62. The number of anilines is 1. The second-order valence-electron chi connectivity index (χ2n) is 3.37. The summed E-state index contributed by atoms with van der Waals surface area (Å²) in [7, 11) is 0. The van der Waals surface area contributed by atoms with Gasteiger partial charge in [-0.3, -0.25) is 4.90 Å². The minimum atomic E-state index is 0.949. The molecule has 1 aliphatic rings. The molecule has 3 heteroatoms. The summed E-state index contributed by atoms with van der Waals surface area (Å²) in [6, 6.07) is 2.11. The molecule has 0 saturated carbocycles. The molecule has 0 spiro atoms. The Balaban J connectivity index is 2.14. The summed E-state index contributed by atoms with van der Waals surface area (Å²) in [5.74, 6) is 0. The van der Waals surface area contributed by atoms with E-state index in [-0.39, 0.29) is 0 Å². The quantitative estimate of drug-likeness (QED) is 0.728. The molecule has 0 atom stereocenters. The van der Waals surface area contributed by atoms with E-state index in [9.17, 15) is 0 Å². The Morgan fingerprint density at radius 3 is 3.31 bits per heavy atom. The number of hydrogen-bond donors (Lipinski definition) is 1.